The number of hydrogen-bond donors (Lipinski definition) is 1. The summed E-state index contributed by atoms with van der Waals surface area (Å²) in [6, 6.07) is 5.46. The summed E-state index contributed by atoms with van der Waals surface area (Å²) in [5, 5.41) is 3.63. The van der Waals surface area contributed by atoms with Crippen molar-refractivity contribution in [3.05, 3.63) is 24.5 Å². The molecule has 0 aliphatic heterocycles. The fraction of sp³-hybridized carbons (Fsp3) is 0.182. The van der Waals surface area contributed by atoms with Gasteiger partial charge in [0, 0.05) is 6.07 Å². The van der Waals surface area contributed by atoms with Gasteiger partial charge in [0.25, 0.3) is 0 Å². The van der Waals surface area contributed by atoms with Crippen molar-refractivity contribution in [2.75, 3.05) is 20.0 Å². The molecule has 0 amide bonds. The first-order valence-electron chi connectivity index (χ1n) is 4.68. The van der Waals surface area contributed by atoms with E-state index in [1.165, 1.54) is 6.26 Å². The third kappa shape index (κ3) is 1.79. The minimum Gasteiger partial charge on any atom is -0.497 e. The minimum atomic E-state index is 0.343. The third-order valence-electron chi connectivity index (χ3n) is 2.26. The van der Waals surface area contributed by atoms with Gasteiger partial charge in [-0.05, 0) is 17.7 Å². The van der Waals surface area contributed by atoms with Gasteiger partial charge in [-0.2, -0.15) is 0 Å². The largest absolute Gasteiger partial charge is 0.497 e. The van der Waals surface area contributed by atoms with Crippen LogP contribution in [0.15, 0.2) is 29.0 Å². The lowest BCUT2D eigenvalue weighted by molar-refractivity contribution is 0.394. The first-order chi connectivity index (χ1) is 7.74. The molecule has 5 nitrogen and oxygen atoms in total. The predicted octanol–water partition coefficient (Wildman–Crippen LogP) is 1.94. The number of nitrogen functional groups attached to an aromatic ring is 1. The second-order valence-corrected chi connectivity index (χ2v) is 3.21. The third-order valence-corrected chi connectivity index (χ3v) is 2.26. The van der Waals surface area contributed by atoms with Crippen LogP contribution in [0.3, 0.4) is 0 Å². The zero-order valence-electron chi connectivity index (χ0n) is 9.06. The SMILES string of the molecule is COc1cc(OC)cc(-c2conc2N)c1. The molecule has 1 aromatic heterocycles. The highest BCUT2D eigenvalue weighted by molar-refractivity contribution is 5.74. The van der Waals surface area contributed by atoms with E-state index >= 15 is 0 Å². The molecular weight excluding hydrogens is 208 g/mol. The number of ether oxygens (including phenoxy) is 2. The van der Waals surface area contributed by atoms with Crippen LogP contribution in [0.5, 0.6) is 11.5 Å². The van der Waals surface area contributed by atoms with Crippen LogP contribution in [-0.2, 0) is 0 Å². The van der Waals surface area contributed by atoms with Crippen molar-refractivity contribution in [2.24, 2.45) is 0 Å². The molecule has 1 heterocycles. The summed E-state index contributed by atoms with van der Waals surface area (Å²) in [6.07, 6.45) is 1.49. The first kappa shape index (κ1) is 10.4. The number of benzene rings is 1. The van der Waals surface area contributed by atoms with Crippen molar-refractivity contribution in [1.82, 2.24) is 5.16 Å². The highest BCUT2D eigenvalue weighted by atomic mass is 16.5. The van der Waals surface area contributed by atoms with E-state index < -0.39 is 0 Å². The van der Waals surface area contributed by atoms with E-state index in [9.17, 15) is 0 Å². The average molecular weight is 220 g/mol. The molecule has 0 bridgehead atoms. The van der Waals surface area contributed by atoms with Gasteiger partial charge in [0.15, 0.2) is 5.82 Å². The molecule has 2 aromatic rings. The minimum absolute atomic E-state index is 0.343. The van der Waals surface area contributed by atoms with Crippen molar-refractivity contribution in [2.45, 2.75) is 0 Å². The van der Waals surface area contributed by atoms with Crippen LogP contribution in [0.2, 0.25) is 0 Å². The van der Waals surface area contributed by atoms with Gasteiger partial charge in [-0.15, -0.1) is 0 Å². The van der Waals surface area contributed by atoms with Crippen molar-refractivity contribution >= 4 is 5.82 Å². The number of aromatic nitrogens is 1. The van der Waals surface area contributed by atoms with E-state index in [0.29, 0.717) is 17.3 Å². The standard InChI is InChI=1S/C11H12N2O3/c1-14-8-3-7(4-9(5-8)15-2)10-6-16-13-11(10)12/h3-6H,1-2H3,(H2,12,13). The molecule has 2 N–H and O–H groups in total. The number of nitrogens with two attached hydrogens (primary N) is 1. The highest BCUT2D eigenvalue weighted by Gasteiger charge is 2.09. The molecule has 5 heteroatoms. The molecule has 1 aromatic carbocycles. The fourth-order valence-electron chi connectivity index (χ4n) is 1.42. The Morgan fingerprint density at radius 1 is 1.12 bits per heavy atom. The van der Waals surface area contributed by atoms with Gasteiger partial charge < -0.3 is 19.7 Å². The van der Waals surface area contributed by atoms with Crippen molar-refractivity contribution < 1.29 is 14.0 Å². The molecule has 0 spiro atoms. The van der Waals surface area contributed by atoms with Crippen molar-refractivity contribution in [1.29, 1.82) is 0 Å². The molecule has 0 radical (unpaired) electrons. The maximum absolute atomic E-state index is 5.67. The van der Waals surface area contributed by atoms with Gasteiger partial charge in [-0.1, -0.05) is 5.16 Å². The Morgan fingerprint density at radius 2 is 1.75 bits per heavy atom. The average Bonchev–Trinajstić information content (AvgIpc) is 2.74. The summed E-state index contributed by atoms with van der Waals surface area (Å²) < 4.78 is 15.1. The maximum atomic E-state index is 5.67. The lowest BCUT2D eigenvalue weighted by atomic mass is 10.1. The van der Waals surface area contributed by atoms with Crippen molar-refractivity contribution in [3.63, 3.8) is 0 Å². The number of rotatable bonds is 3. The molecule has 0 unspecified atom stereocenters. The maximum Gasteiger partial charge on any atom is 0.174 e. The number of anilines is 1. The van der Waals surface area contributed by atoms with Crippen LogP contribution >= 0.6 is 0 Å². The van der Waals surface area contributed by atoms with Gasteiger partial charge in [-0.25, -0.2) is 0 Å². The number of hydrogen-bond acceptors (Lipinski definition) is 5. The quantitative estimate of drug-likeness (QED) is 0.855. The Bertz CT molecular complexity index is 471. The molecule has 0 saturated heterocycles. The van der Waals surface area contributed by atoms with E-state index in [0.717, 1.165) is 11.1 Å². The van der Waals surface area contributed by atoms with Gasteiger partial charge in [0.05, 0.1) is 19.8 Å². The summed E-state index contributed by atoms with van der Waals surface area (Å²) in [5.41, 5.74) is 7.23. The van der Waals surface area contributed by atoms with Gasteiger partial charge in [0.1, 0.15) is 17.8 Å². The van der Waals surface area contributed by atoms with Crippen LogP contribution in [0.1, 0.15) is 0 Å². The molecule has 2 rings (SSSR count). The Balaban J connectivity index is 2.52. The summed E-state index contributed by atoms with van der Waals surface area (Å²) in [7, 11) is 3.19. The molecule has 16 heavy (non-hydrogen) atoms. The van der Waals surface area contributed by atoms with Gasteiger partial charge in [-0.3, -0.25) is 0 Å². The molecule has 0 fully saturated rings. The fourth-order valence-corrected chi connectivity index (χ4v) is 1.42. The van der Waals surface area contributed by atoms with E-state index in [1.807, 2.05) is 12.1 Å². The summed E-state index contributed by atoms with van der Waals surface area (Å²) >= 11 is 0. The lowest BCUT2D eigenvalue weighted by Crippen LogP contribution is -1.91. The molecule has 0 atom stereocenters. The molecular formula is C11H12N2O3. The van der Waals surface area contributed by atoms with E-state index in [1.54, 1.807) is 20.3 Å². The number of nitrogens with zero attached hydrogens (tertiary/aromatic N) is 1. The topological polar surface area (TPSA) is 70.5 Å². The van der Waals surface area contributed by atoms with Crippen LogP contribution in [-0.4, -0.2) is 19.4 Å². The lowest BCUT2D eigenvalue weighted by Gasteiger charge is -2.07. The van der Waals surface area contributed by atoms with Gasteiger partial charge >= 0.3 is 0 Å². The Labute approximate surface area is 92.8 Å². The van der Waals surface area contributed by atoms with E-state index in [2.05, 4.69) is 5.16 Å². The first-order valence-corrected chi connectivity index (χ1v) is 4.68. The Kier molecular flexibility index (Phi) is 2.68. The zero-order chi connectivity index (χ0) is 11.5. The number of methoxy groups -OCH3 is 2. The second kappa shape index (κ2) is 4.14. The highest BCUT2D eigenvalue weighted by Crippen LogP contribution is 2.32. The van der Waals surface area contributed by atoms with E-state index in [-0.39, 0.29) is 0 Å². The molecule has 84 valence electrons. The summed E-state index contributed by atoms with van der Waals surface area (Å²) in [5.74, 6) is 1.72. The Hall–Kier alpha value is -2.17. The van der Waals surface area contributed by atoms with Gasteiger partial charge in [0.2, 0.25) is 0 Å². The summed E-state index contributed by atoms with van der Waals surface area (Å²) in [4.78, 5) is 0. The monoisotopic (exact) mass is 220 g/mol. The normalized spacial score (nSPS) is 10.1. The smallest absolute Gasteiger partial charge is 0.174 e. The second-order valence-electron chi connectivity index (χ2n) is 3.21. The van der Waals surface area contributed by atoms with Crippen LogP contribution in [0.4, 0.5) is 5.82 Å². The summed E-state index contributed by atoms with van der Waals surface area (Å²) in [6.45, 7) is 0. The van der Waals surface area contributed by atoms with Crippen molar-refractivity contribution in [3.8, 4) is 22.6 Å². The molecule has 0 saturated carbocycles. The van der Waals surface area contributed by atoms with Crippen LogP contribution in [0.25, 0.3) is 11.1 Å². The zero-order valence-corrected chi connectivity index (χ0v) is 9.06. The molecule has 0 aliphatic rings. The molecule has 0 aliphatic carbocycles. The predicted molar refractivity (Wildman–Crippen MR) is 59.5 cm³/mol. The van der Waals surface area contributed by atoms with Crippen LogP contribution < -0.4 is 15.2 Å². The Morgan fingerprint density at radius 3 is 2.19 bits per heavy atom. The van der Waals surface area contributed by atoms with Crippen LogP contribution in [0, 0.1) is 0 Å². The van der Waals surface area contributed by atoms with E-state index in [4.69, 9.17) is 19.7 Å².